The zero-order valence-electron chi connectivity index (χ0n) is 25.1. The fourth-order valence-electron chi connectivity index (χ4n) is 5.04. The number of likely N-dealkylation sites (tertiary alicyclic amines) is 1. The van der Waals surface area contributed by atoms with Crippen molar-refractivity contribution in [3.05, 3.63) is 35.3 Å². The van der Waals surface area contributed by atoms with Crippen LogP contribution in [0.5, 0.6) is 5.75 Å². The Hall–Kier alpha value is -3.81. The van der Waals surface area contributed by atoms with Crippen LogP contribution in [0.3, 0.4) is 0 Å². The van der Waals surface area contributed by atoms with Gasteiger partial charge in [-0.05, 0) is 53.7 Å². The molecule has 2 saturated heterocycles. The molecule has 0 radical (unpaired) electrons. The molecule has 0 aromatic carbocycles. The number of carbonyl (C=O) groups is 2. The Labute approximate surface area is 247 Å². The first kappa shape index (κ1) is 30.6. The Balaban J connectivity index is 1.61. The molecule has 2 aromatic heterocycles. The Morgan fingerprint density at radius 2 is 1.58 bits per heavy atom. The number of nitrogens with zero attached hydrogens (tertiary/aromatic N) is 5. The number of hydrogen-bond acceptors (Lipinski definition) is 9. The molecule has 5 rings (SSSR count). The predicted octanol–water partition coefficient (Wildman–Crippen LogP) is 5.63. The summed E-state index contributed by atoms with van der Waals surface area (Å²) in [7, 11) is 0. The summed E-state index contributed by atoms with van der Waals surface area (Å²) in [5.74, 6) is -1.03. The van der Waals surface area contributed by atoms with Crippen molar-refractivity contribution in [1.29, 1.82) is 0 Å². The lowest BCUT2D eigenvalue weighted by Crippen LogP contribution is -2.50. The Morgan fingerprint density at radius 3 is 2.19 bits per heavy atom. The van der Waals surface area contributed by atoms with Crippen molar-refractivity contribution in [3.63, 3.8) is 0 Å². The van der Waals surface area contributed by atoms with E-state index >= 15 is 0 Å². The lowest BCUT2D eigenvalue weighted by Gasteiger charge is -2.40. The monoisotopic (exact) mass is 607 g/mol. The molecule has 234 valence electrons. The molecule has 0 spiro atoms. The van der Waals surface area contributed by atoms with Crippen LogP contribution < -0.4 is 14.5 Å². The topological polar surface area (TPSA) is 107 Å². The van der Waals surface area contributed by atoms with Gasteiger partial charge in [-0.1, -0.05) is 0 Å². The molecule has 0 aliphatic carbocycles. The van der Waals surface area contributed by atoms with Gasteiger partial charge in [-0.25, -0.2) is 24.5 Å². The van der Waals surface area contributed by atoms with E-state index in [9.17, 15) is 22.8 Å². The van der Waals surface area contributed by atoms with Gasteiger partial charge in [0.1, 0.15) is 23.5 Å². The number of morpholine rings is 1. The number of aromatic nitrogens is 2. The smallest absolute Gasteiger partial charge is 0.437 e. The maximum atomic E-state index is 14.6. The minimum Gasteiger partial charge on any atom is -0.484 e. The number of hydrogen-bond donors (Lipinski definition) is 0. The van der Waals surface area contributed by atoms with E-state index in [0.717, 1.165) is 4.90 Å². The molecule has 0 N–H and O–H groups in total. The lowest BCUT2D eigenvalue weighted by molar-refractivity contribution is -0.142. The van der Waals surface area contributed by atoms with Crippen molar-refractivity contribution in [2.24, 2.45) is 0 Å². The van der Waals surface area contributed by atoms with E-state index in [1.807, 2.05) is 4.90 Å². The van der Waals surface area contributed by atoms with Crippen LogP contribution in [0.15, 0.2) is 18.3 Å². The summed E-state index contributed by atoms with van der Waals surface area (Å²) in [6.45, 7) is 12.1. The Morgan fingerprint density at radius 1 is 0.953 bits per heavy atom. The molecule has 0 bridgehead atoms. The second-order valence-electron chi connectivity index (χ2n) is 12.7. The van der Waals surface area contributed by atoms with E-state index in [2.05, 4.69) is 9.97 Å². The summed E-state index contributed by atoms with van der Waals surface area (Å²) in [4.78, 5) is 39.2. The maximum absolute atomic E-state index is 14.6. The third-order valence-corrected chi connectivity index (χ3v) is 6.94. The van der Waals surface area contributed by atoms with E-state index in [-0.39, 0.29) is 36.9 Å². The fraction of sp³-hybridized carbons (Fsp3) is 0.586. The summed E-state index contributed by atoms with van der Waals surface area (Å²) < 4.78 is 66.1. The van der Waals surface area contributed by atoms with E-state index in [1.165, 1.54) is 17.2 Å². The summed E-state index contributed by atoms with van der Waals surface area (Å²) in [6.07, 6.45) is -4.89. The van der Waals surface area contributed by atoms with E-state index < -0.39 is 46.9 Å². The van der Waals surface area contributed by atoms with Crippen molar-refractivity contribution < 1.29 is 41.7 Å². The van der Waals surface area contributed by atoms with E-state index in [0.29, 0.717) is 37.6 Å². The molecule has 11 nitrogen and oxygen atoms in total. The third kappa shape index (κ3) is 6.58. The minimum absolute atomic E-state index is 0.0517. The predicted molar refractivity (Wildman–Crippen MR) is 150 cm³/mol. The number of rotatable bonds is 2. The van der Waals surface area contributed by atoms with Crippen LogP contribution in [0.4, 0.5) is 40.0 Å². The largest absolute Gasteiger partial charge is 0.484 e. The highest BCUT2D eigenvalue weighted by Crippen LogP contribution is 2.48. The first-order valence-corrected chi connectivity index (χ1v) is 14.1. The van der Waals surface area contributed by atoms with Crippen LogP contribution >= 0.6 is 0 Å². The number of ether oxygens (including phenoxy) is 4. The Kier molecular flexibility index (Phi) is 7.86. The van der Waals surface area contributed by atoms with Crippen LogP contribution in [-0.4, -0.2) is 77.6 Å². The highest BCUT2D eigenvalue weighted by atomic mass is 19.4. The third-order valence-electron chi connectivity index (χ3n) is 6.94. The second-order valence-corrected chi connectivity index (χ2v) is 12.7. The van der Waals surface area contributed by atoms with Crippen molar-refractivity contribution in [3.8, 4) is 5.75 Å². The summed E-state index contributed by atoms with van der Waals surface area (Å²) >= 11 is 0. The van der Waals surface area contributed by atoms with Crippen LogP contribution in [0.2, 0.25) is 0 Å². The molecule has 43 heavy (non-hydrogen) atoms. The van der Waals surface area contributed by atoms with Gasteiger partial charge in [-0.15, -0.1) is 0 Å². The van der Waals surface area contributed by atoms with Crippen molar-refractivity contribution >= 4 is 29.4 Å². The molecule has 2 aromatic rings. The van der Waals surface area contributed by atoms with Crippen LogP contribution in [0, 0.1) is 0 Å². The maximum Gasteiger partial charge on any atom is 0.437 e. The van der Waals surface area contributed by atoms with Crippen molar-refractivity contribution in [2.45, 2.75) is 71.4 Å². The number of fused-ring (bicyclic) bond motifs is 2. The van der Waals surface area contributed by atoms with Gasteiger partial charge < -0.3 is 28.7 Å². The van der Waals surface area contributed by atoms with Gasteiger partial charge >= 0.3 is 18.4 Å². The van der Waals surface area contributed by atoms with Gasteiger partial charge in [0, 0.05) is 44.0 Å². The second kappa shape index (κ2) is 11.0. The minimum atomic E-state index is -4.91. The molecule has 5 heterocycles. The molecule has 3 aliphatic heterocycles. The molecule has 3 aliphatic rings. The van der Waals surface area contributed by atoms with Gasteiger partial charge in [0.25, 0.3) is 0 Å². The van der Waals surface area contributed by atoms with Gasteiger partial charge in [-0.3, -0.25) is 0 Å². The average Bonchev–Trinajstić information content (AvgIpc) is 3.02. The molecular formula is C29H36F3N5O6. The zero-order valence-corrected chi connectivity index (χ0v) is 25.1. The zero-order chi connectivity index (χ0) is 31.3. The average molecular weight is 608 g/mol. The summed E-state index contributed by atoms with van der Waals surface area (Å²) in [5.41, 5.74) is -1.99. The standard InChI is InChI=1S/C29H36F3N5O6/c1-27(2,3)42-25(38)36-14-17(15-36)19-13-21-22(23(34-19)29(30,31)32)41-16-18-20(35-9-11-40-12-10-35)7-8-33-24(18)37(21)26(39)43-28(4,5)6/h7-8,13,17H,9-12,14-16H2,1-6H3. The number of pyridine rings is 2. The number of carbonyl (C=O) groups excluding carboxylic acids is 2. The SMILES string of the molecule is CC(C)(C)OC(=O)N1CC(c2cc3c(c(C(F)(F)F)n2)OCc2c(N4CCOCC4)ccnc2N3C(=O)OC(C)(C)C)C1. The summed E-state index contributed by atoms with van der Waals surface area (Å²) in [6, 6.07) is 3.13. The lowest BCUT2D eigenvalue weighted by atomic mass is 9.95. The highest BCUT2D eigenvalue weighted by molar-refractivity contribution is 5.99. The molecule has 0 saturated carbocycles. The number of anilines is 3. The van der Waals surface area contributed by atoms with Gasteiger partial charge in [-0.2, -0.15) is 13.2 Å². The van der Waals surface area contributed by atoms with Crippen LogP contribution in [-0.2, 0) is 27.0 Å². The number of amides is 2. The normalized spacial score (nSPS) is 17.7. The highest BCUT2D eigenvalue weighted by Gasteiger charge is 2.45. The van der Waals surface area contributed by atoms with Crippen molar-refractivity contribution in [1.82, 2.24) is 14.9 Å². The Bertz CT molecular complexity index is 1390. The molecule has 14 heteroatoms. The molecular weight excluding hydrogens is 571 g/mol. The first-order chi connectivity index (χ1) is 20.0. The molecule has 0 unspecified atom stereocenters. The fourth-order valence-corrected chi connectivity index (χ4v) is 5.04. The van der Waals surface area contributed by atoms with Gasteiger partial charge in [0.05, 0.1) is 24.5 Å². The van der Waals surface area contributed by atoms with Gasteiger partial charge in [0.2, 0.25) is 0 Å². The van der Waals surface area contributed by atoms with Crippen molar-refractivity contribution in [2.75, 3.05) is 49.2 Å². The molecule has 2 amide bonds. The van der Waals surface area contributed by atoms with Gasteiger partial charge in [0.15, 0.2) is 17.3 Å². The van der Waals surface area contributed by atoms with E-state index in [1.54, 1.807) is 47.6 Å². The number of alkyl halides is 3. The van der Waals surface area contributed by atoms with Crippen LogP contribution in [0.25, 0.3) is 0 Å². The first-order valence-electron chi connectivity index (χ1n) is 14.1. The number of halogens is 3. The molecule has 0 atom stereocenters. The quantitative estimate of drug-likeness (QED) is 0.429. The summed E-state index contributed by atoms with van der Waals surface area (Å²) in [5, 5.41) is 0. The van der Waals surface area contributed by atoms with E-state index in [4.69, 9.17) is 18.9 Å². The molecule has 2 fully saturated rings. The van der Waals surface area contributed by atoms with Crippen LogP contribution in [0.1, 0.15) is 64.4 Å².